The zero-order chi connectivity index (χ0) is 8.36. The highest BCUT2D eigenvalue weighted by molar-refractivity contribution is 7.95. The van der Waals surface area contributed by atoms with Crippen molar-refractivity contribution >= 4 is 15.8 Å². The molecule has 0 spiro atoms. The molecule has 0 heterocycles. The number of hydrogen-bond acceptors (Lipinski definition) is 3. The van der Waals surface area contributed by atoms with Gasteiger partial charge in [0.1, 0.15) is 0 Å². The van der Waals surface area contributed by atoms with E-state index in [1.807, 2.05) is 0 Å². The van der Waals surface area contributed by atoms with Gasteiger partial charge in [-0.05, 0) is 6.92 Å². The lowest BCUT2D eigenvalue weighted by atomic mass is 10.5. The van der Waals surface area contributed by atoms with E-state index in [1.165, 1.54) is 0 Å². The first-order valence-electron chi connectivity index (χ1n) is 2.51. The van der Waals surface area contributed by atoms with Crippen LogP contribution in [0.3, 0.4) is 0 Å². The maximum atomic E-state index is 10.6. The van der Waals surface area contributed by atoms with Crippen molar-refractivity contribution in [1.29, 1.82) is 0 Å². The first-order chi connectivity index (χ1) is 4.41. The molecule has 1 N–H and O–H groups in total. The Balaban J connectivity index is 4.67. The van der Waals surface area contributed by atoms with E-state index in [0.29, 0.717) is 5.41 Å². The molecule has 58 valence electrons. The number of carbonyl (C=O) groups is 1. The molecule has 0 aromatic rings. The maximum Gasteiger partial charge on any atom is 0.321 e. The second-order valence-corrected chi connectivity index (χ2v) is 3.95. The van der Waals surface area contributed by atoms with Crippen LogP contribution in [-0.4, -0.2) is 24.7 Å². The largest absolute Gasteiger partial charge is 0.480 e. The van der Waals surface area contributed by atoms with Gasteiger partial charge in [0.05, 0.1) is 0 Å². The van der Waals surface area contributed by atoms with Gasteiger partial charge in [-0.15, -0.1) is 0 Å². The highest BCUT2D eigenvalue weighted by Crippen LogP contribution is 2.01. The minimum Gasteiger partial charge on any atom is -0.480 e. The molecule has 0 radical (unpaired) electrons. The third-order valence-corrected chi connectivity index (χ3v) is 2.72. The summed E-state index contributed by atoms with van der Waals surface area (Å²) in [5.41, 5.74) is 0. The van der Waals surface area contributed by atoms with Crippen LogP contribution < -0.4 is 0 Å². The Hall–Kier alpha value is -0.840. The second-order valence-electron chi connectivity index (χ2n) is 1.74. The van der Waals surface area contributed by atoms with Crippen LogP contribution in [0.25, 0.3) is 0 Å². The molecule has 0 aromatic carbocycles. The molecule has 0 rings (SSSR count). The van der Waals surface area contributed by atoms with Gasteiger partial charge in [-0.1, -0.05) is 6.58 Å². The van der Waals surface area contributed by atoms with E-state index in [2.05, 4.69) is 6.58 Å². The topological polar surface area (TPSA) is 71.4 Å². The zero-order valence-corrected chi connectivity index (χ0v) is 6.26. The number of rotatable bonds is 3. The third-order valence-electron chi connectivity index (χ3n) is 1.07. The average Bonchev–Trinajstić information content (AvgIpc) is 1.86. The van der Waals surface area contributed by atoms with E-state index >= 15 is 0 Å². The fourth-order valence-electron chi connectivity index (χ4n) is 0.285. The van der Waals surface area contributed by atoms with Gasteiger partial charge in [-0.25, -0.2) is 8.42 Å². The fourth-order valence-corrected chi connectivity index (χ4v) is 0.855. The van der Waals surface area contributed by atoms with Gasteiger partial charge in [-0.3, -0.25) is 4.79 Å². The molecule has 0 aliphatic carbocycles. The quantitative estimate of drug-likeness (QED) is 0.638. The highest BCUT2D eigenvalue weighted by Gasteiger charge is 2.23. The summed E-state index contributed by atoms with van der Waals surface area (Å²) < 4.78 is 21.3. The number of carboxylic acids is 1. The van der Waals surface area contributed by atoms with Crippen LogP contribution >= 0.6 is 0 Å². The van der Waals surface area contributed by atoms with E-state index in [1.54, 1.807) is 0 Å². The van der Waals surface area contributed by atoms with E-state index in [0.717, 1.165) is 6.92 Å². The summed E-state index contributed by atoms with van der Waals surface area (Å²) in [6.45, 7) is 4.08. The molecule has 0 aliphatic rings. The maximum absolute atomic E-state index is 10.6. The predicted octanol–water partition coefficient (Wildman–Crippen LogP) is 0.0178. The van der Waals surface area contributed by atoms with Crippen LogP contribution in [0.2, 0.25) is 0 Å². The third kappa shape index (κ3) is 1.84. The molecule has 0 amide bonds. The predicted molar refractivity (Wildman–Crippen MR) is 36.2 cm³/mol. The molecule has 1 atom stereocenters. The summed E-state index contributed by atoms with van der Waals surface area (Å²) in [5.74, 6) is -1.36. The lowest BCUT2D eigenvalue weighted by molar-refractivity contribution is -0.136. The monoisotopic (exact) mass is 164 g/mol. The van der Waals surface area contributed by atoms with Crippen molar-refractivity contribution in [2.45, 2.75) is 12.2 Å². The van der Waals surface area contributed by atoms with Crippen LogP contribution in [0.4, 0.5) is 0 Å². The summed E-state index contributed by atoms with van der Waals surface area (Å²) in [4.78, 5) is 10.1. The zero-order valence-electron chi connectivity index (χ0n) is 5.44. The first kappa shape index (κ1) is 9.16. The number of hydrogen-bond donors (Lipinski definition) is 1. The number of aliphatic carboxylic acids is 1. The summed E-state index contributed by atoms with van der Waals surface area (Å²) in [6.07, 6.45) is 0. The van der Waals surface area contributed by atoms with Crippen LogP contribution in [0.1, 0.15) is 6.92 Å². The lowest BCUT2D eigenvalue weighted by Gasteiger charge is -2.01. The van der Waals surface area contributed by atoms with Crippen molar-refractivity contribution in [1.82, 2.24) is 0 Å². The summed E-state index contributed by atoms with van der Waals surface area (Å²) in [7, 11) is -3.63. The van der Waals surface area contributed by atoms with Gasteiger partial charge in [0.2, 0.25) is 0 Å². The second kappa shape index (κ2) is 2.83. The molecule has 0 bridgehead atoms. The molecule has 1 unspecified atom stereocenters. The van der Waals surface area contributed by atoms with Crippen LogP contribution in [-0.2, 0) is 14.6 Å². The Bertz CT molecular complexity index is 238. The Kier molecular flexibility index (Phi) is 2.59. The molecular weight excluding hydrogens is 156 g/mol. The molecule has 0 aliphatic heterocycles. The molecule has 10 heavy (non-hydrogen) atoms. The van der Waals surface area contributed by atoms with Gasteiger partial charge in [0.25, 0.3) is 0 Å². The molecule has 0 aromatic heterocycles. The summed E-state index contributed by atoms with van der Waals surface area (Å²) in [6, 6.07) is 0. The average molecular weight is 164 g/mol. The fraction of sp³-hybridized carbons (Fsp3) is 0.400. The Morgan fingerprint density at radius 2 is 2.10 bits per heavy atom. The Labute approximate surface area is 59.1 Å². The van der Waals surface area contributed by atoms with E-state index in [-0.39, 0.29) is 0 Å². The molecule has 0 saturated heterocycles. The Morgan fingerprint density at radius 3 is 2.20 bits per heavy atom. The van der Waals surface area contributed by atoms with Crippen LogP contribution in [0, 0.1) is 0 Å². The van der Waals surface area contributed by atoms with Gasteiger partial charge in [0.15, 0.2) is 15.1 Å². The number of sulfone groups is 1. The standard InChI is InChI=1S/C5H8O4S/c1-3-10(8,9)4(2)5(6)7/h3-4H,1H2,2H3,(H,6,7). The van der Waals surface area contributed by atoms with Crippen molar-refractivity contribution in [2.75, 3.05) is 0 Å². The first-order valence-corrected chi connectivity index (χ1v) is 4.12. The normalized spacial score (nSPS) is 14.1. The molecule has 0 saturated carbocycles. The molecular formula is C5H8O4S. The molecule has 4 nitrogen and oxygen atoms in total. The minimum atomic E-state index is -3.63. The van der Waals surface area contributed by atoms with Crippen molar-refractivity contribution < 1.29 is 18.3 Å². The molecule has 0 fully saturated rings. The minimum absolute atomic E-state index is 0.645. The molecule has 5 heteroatoms. The van der Waals surface area contributed by atoms with Gasteiger partial charge in [0, 0.05) is 5.41 Å². The smallest absolute Gasteiger partial charge is 0.321 e. The number of carboxylic acid groups (broad SMARTS) is 1. The lowest BCUT2D eigenvalue weighted by Crippen LogP contribution is -2.24. The van der Waals surface area contributed by atoms with Gasteiger partial charge < -0.3 is 5.11 Å². The van der Waals surface area contributed by atoms with E-state index < -0.39 is 21.1 Å². The van der Waals surface area contributed by atoms with Gasteiger partial charge in [-0.2, -0.15) is 0 Å². The van der Waals surface area contributed by atoms with E-state index in [9.17, 15) is 13.2 Å². The summed E-state index contributed by atoms with van der Waals surface area (Å²) in [5, 5.41) is 7.47. The van der Waals surface area contributed by atoms with Gasteiger partial charge >= 0.3 is 5.97 Å². The highest BCUT2D eigenvalue weighted by atomic mass is 32.2. The van der Waals surface area contributed by atoms with Crippen LogP contribution in [0.15, 0.2) is 12.0 Å². The summed E-state index contributed by atoms with van der Waals surface area (Å²) >= 11 is 0. The van der Waals surface area contributed by atoms with E-state index in [4.69, 9.17) is 5.11 Å². The van der Waals surface area contributed by atoms with Crippen molar-refractivity contribution in [3.05, 3.63) is 12.0 Å². The van der Waals surface area contributed by atoms with Crippen molar-refractivity contribution in [3.63, 3.8) is 0 Å². The van der Waals surface area contributed by atoms with Crippen molar-refractivity contribution in [2.24, 2.45) is 0 Å². The van der Waals surface area contributed by atoms with Crippen LogP contribution in [0.5, 0.6) is 0 Å². The SMILES string of the molecule is C=CS(=O)(=O)C(C)C(=O)O. The Morgan fingerprint density at radius 1 is 1.70 bits per heavy atom. The van der Waals surface area contributed by atoms with Crippen molar-refractivity contribution in [3.8, 4) is 0 Å².